The number of thiazole rings is 1. The number of carbonyl (C=O) groups is 1. The lowest BCUT2D eigenvalue weighted by Gasteiger charge is -2.34. The highest BCUT2D eigenvalue weighted by Gasteiger charge is 2.23. The van der Waals surface area contributed by atoms with Crippen molar-refractivity contribution in [3.8, 4) is 11.5 Å². The quantitative estimate of drug-likeness (QED) is 0.886. The van der Waals surface area contributed by atoms with Crippen molar-refractivity contribution in [2.24, 2.45) is 0 Å². The van der Waals surface area contributed by atoms with E-state index in [0.29, 0.717) is 22.2 Å². The van der Waals surface area contributed by atoms with Crippen molar-refractivity contribution in [3.05, 3.63) is 34.8 Å². The van der Waals surface area contributed by atoms with Crippen LogP contribution in [0.1, 0.15) is 29.9 Å². The maximum absolute atomic E-state index is 12.4. The van der Waals surface area contributed by atoms with Crippen molar-refractivity contribution in [2.45, 2.75) is 32.6 Å². The molecule has 0 radical (unpaired) electrons. The van der Waals surface area contributed by atoms with Crippen LogP contribution in [0.5, 0.6) is 11.5 Å². The summed E-state index contributed by atoms with van der Waals surface area (Å²) < 4.78 is 16.3. The lowest BCUT2D eigenvalue weighted by Crippen LogP contribution is -2.44. The number of rotatable bonds is 4. The Hall–Kier alpha value is -2.16. The summed E-state index contributed by atoms with van der Waals surface area (Å²) in [5.41, 5.74) is 1.47. The molecule has 3 heterocycles. The van der Waals surface area contributed by atoms with Crippen LogP contribution in [0.25, 0.3) is 0 Å². The van der Waals surface area contributed by atoms with Crippen molar-refractivity contribution in [2.75, 3.05) is 25.2 Å². The highest BCUT2D eigenvalue weighted by atomic mass is 32.1. The first-order chi connectivity index (χ1) is 12.6. The molecule has 1 aromatic heterocycles. The standard InChI is InChI=1S/C18H21N3O4S/c1-11-6-21(7-12(2)25-11)8-14-9-26-18(19-14)20-17(22)13-3-4-15-16(5-13)24-10-23-15/h3-5,9,11-12H,6-8,10H2,1-2H3,(H,19,20,22). The summed E-state index contributed by atoms with van der Waals surface area (Å²) in [6.07, 6.45) is 0.449. The molecule has 0 spiro atoms. The van der Waals surface area contributed by atoms with Gasteiger partial charge in [0.1, 0.15) is 0 Å². The molecule has 1 fully saturated rings. The summed E-state index contributed by atoms with van der Waals surface area (Å²) in [5, 5.41) is 5.43. The Morgan fingerprint density at radius 3 is 2.85 bits per heavy atom. The minimum absolute atomic E-state index is 0.190. The molecule has 26 heavy (non-hydrogen) atoms. The summed E-state index contributed by atoms with van der Waals surface area (Å²) in [6, 6.07) is 5.14. The van der Waals surface area contributed by atoms with E-state index in [0.717, 1.165) is 25.3 Å². The Kier molecular flexibility index (Phi) is 4.80. The van der Waals surface area contributed by atoms with Crippen LogP contribution < -0.4 is 14.8 Å². The smallest absolute Gasteiger partial charge is 0.257 e. The van der Waals surface area contributed by atoms with Gasteiger partial charge in [-0.25, -0.2) is 4.98 Å². The zero-order valence-corrected chi connectivity index (χ0v) is 15.5. The maximum atomic E-state index is 12.4. The molecule has 0 bridgehead atoms. The molecule has 8 heteroatoms. The van der Waals surface area contributed by atoms with Crippen LogP contribution in [0, 0.1) is 0 Å². The SMILES string of the molecule is CC1CN(Cc2csc(NC(=O)c3ccc4c(c3)OCO4)n2)CC(C)O1. The van der Waals surface area contributed by atoms with Gasteiger partial charge in [-0.3, -0.25) is 15.0 Å². The molecule has 0 saturated carbocycles. The number of morpholine rings is 1. The Morgan fingerprint density at radius 1 is 1.27 bits per heavy atom. The van der Waals surface area contributed by atoms with Crippen molar-refractivity contribution in [3.63, 3.8) is 0 Å². The third-order valence-corrected chi connectivity index (χ3v) is 5.09. The average Bonchev–Trinajstić information content (AvgIpc) is 3.22. The fourth-order valence-corrected chi connectivity index (χ4v) is 3.98. The van der Waals surface area contributed by atoms with Crippen LogP contribution in [0.4, 0.5) is 5.13 Å². The third kappa shape index (κ3) is 3.82. The van der Waals surface area contributed by atoms with Gasteiger partial charge in [-0.2, -0.15) is 0 Å². The topological polar surface area (TPSA) is 72.9 Å². The van der Waals surface area contributed by atoms with Gasteiger partial charge >= 0.3 is 0 Å². The molecule has 2 atom stereocenters. The molecule has 138 valence electrons. The summed E-state index contributed by atoms with van der Waals surface area (Å²) >= 11 is 1.43. The molecule has 1 saturated heterocycles. The first-order valence-corrected chi connectivity index (χ1v) is 9.48. The van der Waals surface area contributed by atoms with Gasteiger partial charge < -0.3 is 14.2 Å². The zero-order chi connectivity index (χ0) is 18.1. The van der Waals surface area contributed by atoms with Crippen molar-refractivity contribution in [1.82, 2.24) is 9.88 Å². The van der Waals surface area contributed by atoms with Gasteiger partial charge in [0, 0.05) is 30.6 Å². The number of ether oxygens (including phenoxy) is 3. The van der Waals surface area contributed by atoms with E-state index in [9.17, 15) is 4.79 Å². The molecule has 0 aliphatic carbocycles. The lowest BCUT2D eigenvalue weighted by atomic mass is 10.2. The van der Waals surface area contributed by atoms with Crippen molar-refractivity contribution in [1.29, 1.82) is 0 Å². The Morgan fingerprint density at radius 2 is 2.04 bits per heavy atom. The highest BCUT2D eigenvalue weighted by molar-refractivity contribution is 7.13. The van der Waals surface area contributed by atoms with Gasteiger partial charge in [-0.05, 0) is 32.0 Å². The second-order valence-corrected chi connectivity index (χ2v) is 7.48. The molecular formula is C18H21N3O4S. The fourth-order valence-electron chi connectivity index (χ4n) is 3.29. The van der Waals surface area contributed by atoms with E-state index in [-0.39, 0.29) is 24.9 Å². The normalized spacial score (nSPS) is 22.4. The number of benzene rings is 1. The fraction of sp³-hybridized carbons (Fsp3) is 0.444. The molecule has 1 aromatic carbocycles. The molecule has 2 aliphatic heterocycles. The number of fused-ring (bicyclic) bond motifs is 1. The van der Waals surface area contributed by atoms with E-state index in [2.05, 4.69) is 29.0 Å². The summed E-state index contributed by atoms with van der Waals surface area (Å²) in [4.78, 5) is 19.3. The predicted octanol–water partition coefficient (Wildman–Crippen LogP) is 2.73. The Bertz CT molecular complexity index is 799. The summed E-state index contributed by atoms with van der Waals surface area (Å²) in [7, 11) is 0. The second kappa shape index (κ2) is 7.22. The Labute approximate surface area is 155 Å². The van der Waals surface area contributed by atoms with E-state index >= 15 is 0 Å². The van der Waals surface area contributed by atoms with E-state index in [1.165, 1.54) is 11.3 Å². The van der Waals surface area contributed by atoms with Crippen LogP contribution in [-0.2, 0) is 11.3 Å². The summed E-state index contributed by atoms with van der Waals surface area (Å²) in [5.74, 6) is 1.04. The van der Waals surface area contributed by atoms with Crippen LogP contribution in [0.15, 0.2) is 23.6 Å². The molecule has 7 nitrogen and oxygen atoms in total. The molecule has 1 N–H and O–H groups in total. The van der Waals surface area contributed by atoms with Gasteiger partial charge in [-0.1, -0.05) is 0 Å². The maximum Gasteiger partial charge on any atom is 0.257 e. The van der Waals surface area contributed by atoms with Crippen LogP contribution in [0.3, 0.4) is 0 Å². The number of hydrogen-bond donors (Lipinski definition) is 1. The minimum Gasteiger partial charge on any atom is -0.454 e. The molecule has 4 rings (SSSR count). The number of carbonyl (C=O) groups excluding carboxylic acids is 1. The molecule has 2 unspecified atom stereocenters. The van der Waals surface area contributed by atoms with E-state index in [4.69, 9.17) is 14.2 Å². The number of aromatic nitrogens is 1. The predicted molar refractivity (Wildman–Crippen MR) is 97.9 cm³/mol. The van der Waals surface area contributed by atoms with Gasteiger partial charge in [0.2, 0.25) is 6.79 Å². The van der Waals surface area contributed by atoms with Crippen LogP contribution >= 0.6 is 11.3 Å². The number of anilines is 1. The summed E-state index contributed by atoms with van der Waals surface area (Å²) in [6.45, 7) is 6.90. The van der Waals surface area contributed by atoms with Gasteiger partial charge in [0.05, 0.1) is 17.9 Å². The monoisotopic (exact) mass is 375 g/mol. The van der Waals surface area contributed by atoms with E-state index in [1.54, 1.807) is 18.2 Å². The van der Waals surface area contributed by atoms with Crippen molar-refractivity contribution < 1.29 is 19.0 Å². The van der Waals surface area contributed by atoms with Gasteiger partial charge in [0.15, 0.2) is 16.6 Å². The number of amides is 1. The third-order valence-electron chi connectivity index (χ3n) is 4.29. The highest BCUT2D eigenvalue weighted by Crippen LogP contribution is 2.32. The number of nitrogens with zero attached hydrogens (tertiary/aromatic N) is 2. The zero-order valence-electron chi connectivity index (χ0n) is 14.7. The van der Waals surface area contributed by atoms with E-state index in [1.807, 2.05) is 5.38 Å². The molecule has 2 aliphatic rings. The first-order valence-electron chi connectivity index (χ1n) is 8.60. The largest absolute Gasteiger partial charge is 0.454 e. The number of nitrogens with one attached hydrogen (secondary N) is 1. The van der Waals surface area contributed by atoms with Crippen LogP contribution in [-0.4, -0.2) is 47.9 Å². The van der Waals surface area contributed by atoms with Gasteiger partial charge in [-0.15, -0.1) is 11.3 Å². The molecule has 2 aromatic rings. The molecular weight excluding hydrogens is 354 g/mol. The second-order valence-electron chi connectivity index (χ2n) is 6.62. The lowest BCUT2D eigenvalue weighted by molar-refractivity contribution is -0.0707. The Balaban J connectivity index is 1.38. The molecule has 1 amide bonds. The van der Waals surface area contributed by atoms with Gasteiger partial charge in [0.25, 0.3) is 5.91 Å². The van der Waals surface area contributed by atoms with Crippen LogP contribution in [0.2, 0.25) is 0 Å². The number of hydrogen-bond acceptors (Lipinski definition) is 7. The minimum atomic E-state index is -0.210. The van der Waals surface area contributed by atoms with Crippen molar-refractivity contribution >= 4 is 22.4 Å². The first kappa shape index (κ1) is 17.3. The average molecular weight is 375 g/mol. The van der Waals surface area contributed by atoms with E-state index < -0.39 is 0 Å².